The van der Waals surface area contributed by atoms with Crippen molar-refractivity contribution in [3.8, 4) is 0 Å². The number of nitrogens with one attached hydrogen (secondary N) is 2. The molecule has 0 bridgehead atoms. The monoisotopic (exact) mass is 369 g/mol. The fourth-order valence-corrected chi connectivity index (χ4v) is 3.08. The average Bonchev–Trinajstić information content (AvgIpc) is 2.63. The van der Waals surface area contributed by atoms with Gasteiger partial charge in [0.15, 0.2) is 0 Å². The summed E-state index contributed by atoms with van der Waals surface area (Å²) in [7, 11) is 0. The maximum atomic E-state index is 12.8. The molecular formula is C20H20ClN3O2. The maximum absolute atomic E-state index is 12.8. The fourth-order valence-electron chi connectivity index (χ4n) is 2.89. The number of nitrogens with zero attached hydrogens (tertiary/aromatic N) is 1. The number of hydrogen-bond acceptors (Lipinski definition) is 2. The van der Waals surface area contributed by atoms with Crippen LogP contribution < -0.4 is 10.9 Å². The number of halogens is 1. The van der Waals surface area contributed by atoms with Gasteiger partial charge in [-0.15, -0.1) is 0 Å². The predicted octanol–water partition coefficient (Wildman–Crippen LogP) is 4.63. The number of urea groups is 1. The number of anilines is 1. The van der Waals surface area contributed by atoms with Crippen LogP contribution in [0.2, 0.25) is 5.02 Å². The fraction of sp³-hybridized carbons (Fsp3) is 0.200. The summed E-state index contributed by atoms with van der Waals surface area (Å²) < 4.78 is 0. The topological polar surface area (TPSA) is 65.2 Å². The van der Waals surface area contributed by atoms with Crippen molar-refractivity contribution in [3.63, 3.8) is 0 Å². The van der Waals surface area contributed by atoms with Gasteiger partial charge in [0.25, 0.3) is 0 Å². The second-order valence-corrected chi connectivity index (χ2v) is 6.44. The SMILES string of the molecule is CCCN(Cc1cc(=O)[nH]c2ccccc12)C(=O)Nc1ccccc1Cl. The van der Waals surface area contributed by atoms with E-state index in [1.165, 1.54) is 0 Å². The number of fused-ring (bicyclic) bond motifs is 1. The lowest BCUT2D eigenvalue weighted by Gasteiger charge is -2.23. The Balaban J connectivity index is 1.88. The number of aromatic amines is 1. The second-order valence-electron chi connectivity index (χ2n) is 6.04. The summed E-state index contributed by atoms with van der Waals surface area (Å²) in [6, 6.07) is 16.0. The largest absolute Gasteiger partial charge is 0.322 e. The van der Waals surface area contributed by atoms with E-state index in [1.807, 2.05) is 43.3 Å². The highest BCUT2D eigenvalue weighted by atomic mass is 35.5. The summed E-state index contributed by atoms with van der Waals surface area (Å²) in [5, 5.41) is 4.26. The summed E-state index contributed by atoms with van der Waals surface area (Å²) >= 11 is 6.13. The van der Waals surface area contributed by atoms with Gasteiger partial charge in [-0.2, -0.15) is 0 Å². The summed E-state index contributed by atoms with van der Waals surface area (Å²) in [5.41, 5.74) is 1.96. The van der Waals surface area contributed by atoms with Crippen LogP contribution >= 0.6 is 11.6 Å². The van der Waals surface area contributed by atoms with Gasteiger partial charge in [0.2, 0.25) is 5.56 Å². The lowest BCUT2D eigenvalue weighted by molar-refractivity contribution is 0.209. The van der Waals surface area contributed by atoms with Crippen molar-refractivity contribution in [2.24, 2.45) is 0 Å². The number of H-pyrrole nitrogens is 1. The van der Waals surface area contributed by atoms with Crippen LogP contribution in [0.4, 0.5) is 10.5 Å². The van der Waals surface area contributed by atoms with E-state index in [1.54, 1.807) is 23.1 Å². The van der Waals surface area contributed by atoms with Crippen molar-refractivity contribution in [2.75, 3.05) is 11.9 Å². The van der Waals surface area contributed by atoms with Crippen molar-refractivity contribution >= 4 is 34.2 Å². The van der Waals surface area contributed by atoms with Crippen molar-refractivity contribution in [1.29, 1.82) is 0 Å². The van der Waals surface area contributed by atoms with Gasteiger partial charge in [-0.05, 0) is 30.2 Å². The van der Waals surface area contributed by atoms with Crippen LogP contribution in [0.15, 0.2) is 59.4 Å². The summed E-state index contributed by atoms with van der Waals surface area (Å²) in [4.78, 5) is 29.2. The molecule has 0 spiro atoms. The Labute approximate surface area is 156 Å². The second kappa shape index (κ2) is 8.06. The minimum atomic E-state index is -0.246. The van der Waals surface area contributed by atoms with Gasteiger partial charge in [-0.3, -0.25) is 4.79 Å². The zero-order valence-corrected chi connectivity index (χ0v) is 15.2. The molecule has 26 heavy (non-hydrogen) atoms. The molecule has 0 saturated carbocycles. The van der Waals surface area contributed by atoms with E-state index in [-0.39, 0.29) is 11.6 Å². The normalized spacial score (nSPS) is 10.7. The van der Waals surface area contributed by atoms with Crippen molar-refractivity contribution in [3.05, 3.63) is 75.5 Å². The molecule has 1 aromatic heterocycles. The Morgan fingerprint density at radius 1 is 1.15 bits per heavy atom. The van der Waals surface area contributed by atoms with E-state index < -0.39 is 0 Å². The number of benzene rings is 2. The van der Waals surface area contributed by atoms with E-state index in [9.17, 15) is 9.59 Å². The molecule has 0 aliphatic rings. The third-order valence-electron chi connectivity index (χ3n) is 4.09. The quantitative estimate of drug-likeness (QED) is 0.688. The molecule has 0 radical (unpaired) electrons. The number of pyridine rings is 1. The number of hydrogen-bond donors (Lipinski definition) is 2. The summed E-state index contributed by atoms with van der Waals surface area (Å²) in [5.74, 6) is 0. The predicted molar refractivity (Wildman–Crippen MR) is 106 cm³/mol. The van der Waals surface area contributed by atoms with E-state index in [0.29, 0.717) is 23.8 Å². The van der Waals surface area contributed by atoms with Crippen LogP contribution in [0.1, 0.15) is 18.9 Å². The number of carbonyl (C=O) groups excluding carboxylic acids is 1. The number of para-hydroxylation sites is 2. The third-order valence-corrected chi connectivity index (χ3v) is 4.42. The first kappa shape index (κ1) is 18.0. The maximum Gasteiger partial charge on any atom is 0.322 e. The summed E-state index contributed by atoms with van der Waals surface area (Å²) in [6.45, 7) is 2.91. The van der Waals surface area contributed by atoms with Crippen molar-refractivity contribution in [2.45, 2.75) is 19.9 Å². The molecule has 2 N–H and O–H groups in total. The van der Waals surface area contributed by atoms with E-state index in [2.05, 4.69) is 10.3 Å². The smallest absolute Gasteiger partial charge is 0.322 e. The van der Waals surface area contributed by atoms with E-state index in [0.717, 1.165) is 22.9 Å². The minimum absolute atomic E-state index is 0.179. The zero-order chi connectivity index (χ0) is 18.5. The minimum Gasteiger partial charge on any atom is -0.322 e. The number of amides is 2. The van der Waals surface area contributed by atoms with Gasteiger partial charge in [0.05, 0.1) is 10.7 Å². The molecule has 1 heterocycles. The molecule has 3 aromatic rings. The van der Waals surface area contributed by atoms with Gasteiger partial charge in [0, 0.05) is 30.1 Å². The van der Waals surface area contributed by atoms with Gasteiger partial charge in [-0.25, -0.2) is 4.79 Å². The standard InChI is InChI=1S/C20H20ClN3O2/c1-2-11-24(20(26)23-18-10-6-4-8-16(18)21)13-14-12-19(25)22-17-9-5-3-7-15(14)17/h3-10,12H,2,11,13H2,1H3,(H,22,25)(H,23,26). The molecule has 3 rings (SSSR count). The highest BCUT2D eigenvalue weighted by Crippen LogP contribution is 2.22. The van der Waals surface area contributed by atoms with Crippen molar-refractivity contribution < 1.29 is 4.79 Å². The average molecular weight is 370 g/mol. The molecule has 5 nitrogen and oxygen atoms in total. The molecule has 6 heteroatoms. The molecule has 2 amide bonds. The lowest BCUT2D eigenvalue weighted by atomic mass is 10.1. The molecule has 0 unspecified atom stereocenters. The van der Waals surface area contributed by atoms with Gasteiger partial charge in [0.1, 0.15) is 0 Å². The Bertz CT molecular complexity index is 984. The lowest BCUT2D eigenvalue weighted by Crippen LogP contribution is -2.35. The van der Waals surface area contributed by atoms with Crippen LogP contribution in [0.5, 0.6) is 0 Å². The Kier molecular flexibility index (Phi) is 5.58. The van der Waals surface area contributed by atoms with Crippen LogP contribution in [0.3, 0.4) is 0 Å². The van der Waals surface area contributed by atoms with Gasteiger partial charge >= 0.3 is 6.03 Å². The first-order valence-electron chi connectivity index (χ1n) is 8.50. The van der Waals surface area contributed by atoms with Crippen molar-refractivity contribution in [1.82, 2.24) is 9.88 Å². The highest BCUT2D eigenvalue weighted by molar-refractivity contribution is 6.33. The molecule has 0 aliphatic carbocycles. The Morgan fingerprint density at radius 2 is 1.88 bits per heavy atom. The molecular weight excluding hydrogens is 350 g/mol. The van der Waals surface area contributed by atoms with Gasteiger partial charge < -0.3 is 15.2 Å². The van der Waals surface area contributed by atoms with Crippen LogP contribution in [-0.2, 0) is 6.54 Å². The third kappa shape index (κ3) is 4.06. The first-order valence-corrected chi connectivity index (χ1v) is 8.87. The Morgan fingerprint density at radius 3 is 2.65 bits per heavy atom. The number of rotatable bonds is 5. The molecule has 2 aromatic carbocycles. The van der Waals surface area contributed by atoms with Crippen LogP contribution in [0, 0.1) is 0 Å². The van der Waals surface area contributed by atoms with Gasteiger partial charge in [-0.1, -0.05) is 48.9 Å². The zero-order valence-electron chi connectivity index (χ0n) is 14.5. The first-order chi connectivity index (χ1) is 12.6. The molecule has 134 valence electrons. The van der Waals surface area contributed by atoms with E-state index >= 15 is 0 Å². The highest BCUT2D eigenvalue weighted by Gasteiger charge is 2.16. The summed E-state index contributed by atoms with van der Waals surface area (Å²) in [6.07, 6.45) is 0.803. The van der Waals surface area contributed by atoms with Crippen LogP contribution in [0.25, 0.3) is 10.9 Å². The molecule has 0 aliphatic heterocycles. The van der Waals surface area contributed by atoms with Crippen LogP contribution in [-0.4, -0.2) is 22.5 Å². The molecule has 0 saturated heterocycles. The van der Waals surface area contributed by atoms with E-state index in [4.69, 9.17) is 11.6 Å². The molecule has 0 atom stereocenters. The Hall–Kier alpha value is -2.79. The number of carbonyl (C=O) groups is 1. The number of aromatic nitrogens is 1. The molecule has 0 fully saturated rings.